The minimum atomic E-state index is 0.472. The van der Waals surface area contributed by atoms with Crippen molar-refractivity contribution in [3.8, 4) is 0 Å². The molecule has 1 heteroatoms. The van der Waals surface area contributed by atoms with Crippen LogP contribution in [0.4, 0.5) is 0 Å². The molecule has 0 aromatic heterocycles. The van der Waals surface area contributed by atoms with Gasteiger partial charge < -0.3 is 5.32 Å². The summed E-state index contributed by atoms with van der Waals surface area (Å²) < 4.78 is 0. The molecule has 16 heavy (non-hydrogen) atoms. The third-order valence-electron chi connectivity index (χ3n) is 4.37. The molecular formula is C15H31N. The Morgan fingerprint density at radius 1 is 1.12 bits per heavy atom. The van der Waals surface area contributed by atoms with Gasteiger partial charge in [-0.1, -0.05) is 47.0 Å². The lowest BCUT2D eigenvalue weighted by Crippen LogP contribution is -2.43. The van der Waals surface area contributed by atoms with Crippen LogP contribution in [-0.4, -0.2) is 13.1 Å². The Bertz CT molecular complexity index is 196. The van der Waals surface area contributed by atoms with Gasteiger partial charge in [0.05, 0.1) is 0 Å². The largest absolute Gasteiger partial charge is 0.316 e. The molecule has 0 spiro atoms. The molecule has 1 nitrogen and oxygen atoms in total. The summed E-state index contributed by atoms with van der Waals surface area (Å²) in [7, 11) is 2.15. The smallest absolute Gasteiger partial charge is 0.0118 e. The van der Waals surface area contributed by atoms with E-state index in [1.807, 2.05) is 0 Å². The molecule has 1 unspecified atom stereocenters. The topological polar surface area (TPSA) is 12.0 Å². The maximum atomic E-state index is 3.58. The summed E-state index contributed by atoms with van der Waals surface area (Å²) in [6.45, 7) is 9.55. The molecule has 0 amide bonds. The monoisotopic (exact) mass is 225 g/mol. The summed E-state index contributed by atoms with van der Waals surface area (Å²) in [5.74, 6) is 0. The van der Waals surface area contributed by atoms with E-state index in [4.69, 9.17) is 0 Å². The second kappa shape index (κ2) is 5.53. The van der Waals surface area contributed by atoms with Gasteiger partial charge in [0.25, 0.3) is 0 Å². The van der Waals surface area contributed by atoms with E-state index in [9.17, 15) is 0 Å². The molecular weight excluding hydrogens is 194 g/mol. The highest BCUT2D eigenvalue weighted by Gasteiger charge is 2.34. The van der Waals surface area contributed by atoms with Gasteiger partial charge in [0.2, 0.25) is 0 Å². The maximum Gasteiger partial charge on any atom is 0.0118 e. The average molecular weight is 225 g/mol. The minimum absolute atomic E-state index is 0.472. The van der Waals surface area contributed by atoms with E-state index in [0.717, 1.165) is 0 Å². The summed E-state index contributed by atoms with van der Waals surface area (Å²) in [5.41, 5.74) is 1.03. The van der Waals surface area contributed by atoms with Gasteiger partial charge in [-0.3, -0.25) is 0 Å². The first-order chi connectivity index (χ1) is 7.37. The number of hydrogen-bond donors (Lipinski definition) is 1. The molecule has 1 aliphatic carbocycles. The third kappa shape index (κ3) is 4.08. The van der Waals surface area contributed by atoms with E-state index in [1.54, 1.807) is 0 Å². The quantitative estimate of drug-likeness (QED) is 0.749. The second-order valence-corrected chi connectivity index (χ2v) is 7.16. The van der Waals surface area contributed by atoms with Crippen LogP contribution in [0, 0.1) is 10.8 Å². The molecule has 0 saturated heterocycles. The Hall–Kier alpha value is -0.0400. The van der Waals surface area contributed by atoms with E-state index in [-0.39, 0.29) is 0 Å². The molecule has 1 saturated carbocycles. The Morgan fingerprint density at radius 3 is 2.12 bits per heavy atom. The molecule has 96 valence electrons. The fourth-order valence-corrected chi connectivity index (χ4v) is 3.13. The highest BCUT2D eigenvalue weighted by molar-refractivity contribution is 4.89. The lowest BCUT2D eigenvalue weighted by Gasteiger charge is -2.41. The number of nitrogens with one attached hydrogen (secondary N) is 1. The van der Waals surface area contributed by atoms with Crippen molar-refractivity contribution in [2.75, 3.05) is 7.05 Å². The second-order valence-electron chi connectivity index (χ2n) is 7.16. The van der Waals surface area contributed by atoms with Crippen LogP contribution in [0.15, 0.2) is 0 Å². The summed E-state index contributed by atoms with van der Waals surface area (Å²) in [5, 5.41) is 3.58. The Balaban J connectivity index is 2.52. The van der Waals surface area contributed by atoms with E-state index >= 15 is 0 Å². The predicted molar refractivity (Wildman–Crippen MR) is 72.7 cm³/mol. The zero-order valence-corrected chi connectivity index (χ0v) is 12.0. The lowest BCUT2D eigenvalue weighted by atomic mass is 9.68. The number of rotatable bonds is 4. The zero-order valence-electron chi connectivity index (χ0n) is 12.0. The van der Waals surface area contributed by atoms with Crippen molar-refractivity contribution in [3.05, 3.63) is 0 Å². The van der Waals surface area contributed by atoms with Crippen LogP contribution in [0.1, 0.15) is 72.6 Å². The Morgan fingerprint density at radius 2 is 1.69 bits per heavy atom. The average Bonchev–Trinajstić information content (AvgIpc) is 2.17. The summed E-state index contributed by atoms with van der Waals surface area (Å²) in [6, 6.07) is 0.715. The van der Waals surface area contributed by atoms with Crippen LogP contribution in [0.5, 0.6) is 0 Å². The van der Waals surface area contributed by atoms with Gasteiger partial charge >= 0.3 is 0 Å². The van der Waals surface area contributed by atoms with Crippen LogP contribution in [-0.2, 0) is 0 Å². The molecule has 1 aliphatic rings. The summed E-state index contributed by atoms with van der Waals surface area (Å²) >= 11 is 0. The van der Waals surface area contributed by atoms with Gasteiger partial charge in [-0.15, -0.1) is 0 Å². The van der Waals surface area contributed by atoms with Crippen LogP contribution < -0.4 is 5.32 Å². The van der Waals surface area contributed by atoms with Crippen molar-refractivity contribution < 1.29 is 0 Å². The first-order valence-corrected chi connectivity index (χ1v) is 7.05. The van der Waals surface area contributed by atoms with Gasteiger partial charge in [-0.25, -0.2) is 0 Å². The van der Waals surface area contributed by atoms with E-state index in [0.29, 0.717) is 16.9 Å². The van der Waals surface area contributed by atoms with E-state index < -0.39 is 0 Å². The molecule has 0 aliphatic heterocycles. The fraction of sp³-hybridized carbons (Fsp3) is 1.00. The highest BCUT2D eigenvalue weighted by atomic mass is 14.9. The third-order valence-corrected chi connectivity index (χ3v) is 4.37. The predicted octanol–water partition coefficient (Wildman–Crippen LogP) is 4.37. The number of hydrogen-bond acceptors (Lipinski definition) is 1. The fourth-order valence-electron chi connectivity index (χ4n) is 3.13. The van der Waals surface area contributed by atoms with Crippen molar-refractivity contribution in [2.45, 2.75) is 78.7 Å². The normalized spacial score (nSPS) is 23.1. The van der Waals surface area contributed by atoms with Crippen molar-refractivity contribution >= 4 is 0 Å². The van der Waals surface area contributed by atoms with Crippen molar-refractivity contribution in [3.63, 3.8) is 0 Å². The van der Waals surface area contributed by atoms with Gasteiger partial charge in [0.1, 0.15) is 0 Å². The van der Waals surface area contributed by atoms with Crippen molar-refractivity contribution in [1.29, 1.82) is 0 Å². The van der Waals surface area contributed by atoms with Crippen LogP contribution in [0.25, 0.3) is 0 Å². The first kappa shape index (κ1) is 14.0. The molecule has 1 atom stereocenters. The van der Waals surface area contributed by atoms with Gasteiger partial charge in [-0.2, -0.15) is 0 Å². The van der Waals surface area contributed by atoms with Crippen molar-refractivity contribution in [2.24, 2.45) is 10.8 Å². The molecule has 0 bridgehead atoms. The Labute approximate surface area is 102 Å². The van der Waals surface area contributed by atoms with Crippen LogP contribution in [0.2, 0.25) is 0 Å². The molecule has 1 rings (SSSR count). The van der Waals surface area contributed by atoms with Crippen LogP contribution in [0.3, 0.4) is 0 Å². The van der Waals surface area contributed by atoms with Crippen molar-refractivity contribution in [1.82, 2.24) is 5.32 Å². The molecule has 0 aromatic carbocycles. The molecule has 0 heterocycles. The molecule has 1 N–H and O–H groups in total. The standard InChI is InChI=1S/C15H31N/c1-14(2,3)12-9-13(16-5)15(4)10-7-6-8-11-15/h13,16H,6-12H2,1-5H3. The van der Waals surface area contributed by atoms with E-state index in [1.165, 1.54) is 44.9 Å². The summed E-state index contributed by atoms with van der Waals surface area (Å²) in [4.78, 5) is 0. The summed E-state index contributed by atoms with van der Waals surface area (Å²) in [6.07, 6.45) is 9.82. The molecule has 0 aromatic rings. The minimum Gasteiger partial charge on any atom is -0.316 e. The lowest BCUT2D eigenvalue weighted by molar-refractivity contribution is 0.132. The molecule has 1 fully saturated rings. The first-order valence-electron chi connectivity index (χ1n) is 7.05. The van der Waals surface area contributed by atoms with Gasteiger partial charge in [0.15, 0.2) is 0 Å². The highest BCUT2D eigenvalue weighted by Crippen LogP contribution is 2.41. The Kier molecular flexibility index (Phi) is 4.85. The molecule has 0 radical (unpaired) electrons. The van der Waals surface area contributed by atoms with E-state index in [2.05, 4.69) is 40.1 Å². The van der Waals surface area contributed by atoms with Gasteiger partial charge in [0, 0.05) is 6.04 Å². The van der Waals surface area contributed by atoms with Crippen LogP contribution >= 0.6 is 0 Å². The van der Waals surface area contributed by atoms with Gasteiger partial charge in [-0.05, 0) is 43.6 Å². The SMILES string of the molecule is CNC(CCC(C)(C)C)C1(C)CCCCC1. The zero-order chi connectivity index (χ0) is 12.2. The maximum absolute atomic E-state index is 3.58.